The largest absolute Gasteiger partial charge is 0.462 e. The Hall–Kier alpha value is -2.56. The number of carbonyl (C=O) groups is 2. The van der Waals surface area contributed by atoms with Gasteiger partial charge in [0.15, 0.2) is 5.57 Å². The van der Waals surface area contributed by atoms with E-state index in [0.717, 1.165) is 15.6 Å². The summed E-state index contributed by atoms with van der Waals surface area (Å²) in [5, 5.41) is 9.50. The van der Waals surface area contributed by atoms with Crippen molar-refractivity contribution in [2.45, 2.75) is 25.5 Å². The molecule has 3 rings (SSSR count). The molecule has 0 radical (unpaired) electrons. The van der Waals surface area contributed by atoms with Crippen molar-refractivity contribution in [2.24, 2.45) is 0 Å². The van der Waals surface area contributed by atoms with E-state index in [1.807, 2.05) is 61.5 Å². The number of ether oxygens (including phenoxy) is 1. The van der Waals surface area contributed by atoms with E-state index in [1.54, 1.807) is 6.92 Å². The summed E-state index contributed by atoms with van der Waals surface area (Å²) in [6.07, 6.45) is 0.482. The van der Waals surface area contributed by atoms with E-state index in [0.29, 0.717) is 17.1 Å². The number of amides is 1. The Kier molecular flexibility index (Phi) is 6.78. The molecule has 0 aliphatic carbocycles. The monoisotopic (exact) mass is 470 g/mol. The summed E-state index contributed by atoms with van der Waals surface area (Å²) in [5.41, 5.74) is 2.51. The molecule has 2 aromatic carbocycles. The molecule has 1 fully saturated rings. The molecule has 0 bridgehead atoms. The molecule has 7 heteroatoms. The van der Waals surface area contributed by atoms with E-state index in [1.165, 1.54) is 16.7 Å². The number of esters is 1. The highest BCUT2D eigenvalue weighted by molar-refractivity contribution is 9.10. The van der Waals surface area contributed by atoms with Gasteiger partial charge in [0, 0.05) is 10.2 Å². The van der Waals surface area contributed by atoms with E-state index in [4.69, 9.17) is 4.74 Å². The fourth-order valence-electron chi connectivity index (χ4n) is 2.98. The molecule has 1 aliphatic rings. The van der Waals surface area contributed by atoms with Gasteiger partial charge in [-0.05, 0) is 50.1 Å². The minimum atomic E-state index is -0.717. The van der Waals surface area contributed by atoms with Crippen molar-refractivity contribution in [1.29, 1.82) is 5.26 Å². The third-order valence-corrected chi connectivity index (χ3v) is 6.12. The van der Waals surface area contributed by atoms with E-state index < -0.39 is 11.2 Å². The van der Waals surface area contributed by atoms with Crippen LogP contribution in [0.3, 0.4) is 0 Å². The first-order chi connectivity index (χ1) is 13.9. The second-order valence-electron chi connectivity index (χ2n) is 6.46. The van der Waals surface area contributed by atoms with Crippen molar-refractivity contribution in [3.8, 4) is 6.07 Å². The first kappa shape index (κ1) is 21.2. The predicted octanol–water partition coefficient (Wildman–Crippen LogP) is 4.75. The van der Waals surface area contributed by atoms with Crippen LogP contribution in [0.25, 0.3) is 0 Å². The zero-order valence-corrected chi connectivity index (χ0v) is 18.4. The molecule has 148 valence electrons. The molecular formula is C22H19BrN2O3S. The number of carbonyl (C=O) groups excluding carboxylic acids is 2. The van der Waals surface area contributed by atoms with Crippen molar-refractivity contribution >= 4 is 45.3 Å². The average Bonchev–Trinajstić information content (AvgIpc) is 2.99. The molecule has 0 N–H and O–H groups in total. The van der Waals surface area contributed by atoms with Crippen molar-refractivity contribution in [2.75, 3.05) is 11.5 Å². The van der Waals surface area contributed by atoms with Crippen LogP contribution in [0.2, 0.25) is 0 Å². The van der Waals surface area contributed by atoms with E-state index in [9.17, 15) is 14.9 Å². The maximum atomic E-state index is 13.3. The maximum absolute atomic E-state index is 13.3. The van der Waals surface area contributed by atoms with Crippen LogP contribution in [-0.4, -0.2) is 23.7 Å². The van der Waals surface area contributed by atoms with Gasteiger partial charge >= 0.3 is 5.97 Å². The molecule has 1 saturated heterocycles. The number of thioether (sulfide) groups is 1. The lowest BCUT2D eigenvalue weighted by molar-refractivity contribution is -0.138. The summed E-state index contributed by atoms with van der Waals surface area (Å²) in [6.45, 7) is 3.79. The quantitative estimate of drug-likeness (QED) is 0.358. The fraction of sp³-hybridized carbons (Fsp3) is 0.227. The van der Waals surface area contributed by atoms with Crippen LogP contribution in [0.15, 0.2) is 63.6 Å². The zero-order chi connectivity index (χ0) is 21.0. The predicted molar refractivity (Wildman–Crippen MR) is 117 cm³/mol. The van der Waals surface area contributed by atoms with Crippen LogP contribution in [0, 0.1) is 18.3 Å². The average molecular weight is 471 g/mol. The molecule has 1 aliphatic heterocycles. The Morgan fingerprint density at radius 3 is 2.62 bits per heavy atom. The summed E-state index contributed by atoms with van der Waals surface area (Å²) in [5.74, 6) is -0.878. The standard InChI is InChI=1S/C22H19BrN2O3S/c1-3-28-22(27)18(13-24)21-25(17-9-7-14(2)8-10-17)20(26)19(29-21)12-15-5-4-6-16(23)11-15/h4-11,19H,3,12H2,1-2H3/b21-18-/t19-/m1/s1. The van der Waals surface area contributed by atoms with E-state index in [2.05, 4.69) is 15.9 Å². The second kappa shape index (κ2) is 9.29. The maximum Gasteiger partial charge on any atom is 0.351 e. The zero-order valence-electron chi connectivity index (χ0n) is 16.0. The number of halogens is 1. The number of aryl methyl sites for hydroxylation is 1. The van der Waals surface area contributed by atoms with E-state index in [-0.39, 0.29) is 18.1 Å². The summed E-state index contributed by atoms with van der Waals surface area (Å²) in [6, 6.07) is 17.1. The van der Waals surface area contributed by atoms with Crippen LogP contribution < -0.4 is 4.90 Å². The third kappa shape index (κ3) is 4.72. The smallest absolute Gasteiger partial charge is 0.351 e. The third-order valence-electron chi connectivity index (χ3n) is 4.36. The molecular weight excluding hydrogens is 452 g/mol. The van der Waals surface area contributed by atoms with Gasteiger partial charge in [-0.15, -0.1) is 0 Å². The minimum absolute atomic E-state index is 0.150. The Morgan fingerprint density at radius 1 is 1.28 bits per heavy atom. The highest BCUT2D eigenvalue weighted by Crippen LogP contribution is 2.42. The molecule has 0 aromatic heterocycles. The normalized spacial score (nSPS) is 17.8. The van der Waals surface area contributed by atoms with Gasteiger partial charge in [0.05, 0.1) is 11.9 Å². The number of benzene rings is 2. The highest BCUT2D eigenvalue weighted by atomic mass is 79.9. The number of nitrogens with zero attached hydrogens (tertiary/aromatic N) is 2. The van der Waals surface area contributed by atoms with Crippen molar-refractivity contribution in [3.63, 3.8) is 0 Å². The lowest BCUT2D eigenvalue weighted by Crippen LogP contribution is -2.30. The highest BCUT2D eigenvalue weighted by Gasteiger charge is 2.41. The minimum Gasteiger partial charge on any atom is -0.462 e. The number of rotatable bonds is 5. The lowest BCUT2D eigenvalue weighted by atomic mass is 10.1. The Morgan fingerprint density at radius 2 is 2.00 bits per heavy atom. The fourth-order valence-corrected chi connectivity index (χ4v) is 4.73. The van der Waals surface area contributed by atoms with Gasteiger partial charge in [0.25, 0.3) is 0 Å². The molecule has 1 atom stereocenters. The SMILES string of the molecule is CCOC(=O)/C(C#N)=C1\S[C@H](Cc2cccc(Br)c2)C(=O)N1c1ccc(C)cc1. The number of hydrogen-bond donors (Lipinski definition) is 0. The van der Waals surface area contributed by atoms with Gasteiger partial charge in [-0.2, -0.15) is 5.26 Å². The van der Waals surface area contributed by atoms with E-state index >= 15 is 0 Å². The van der Waals surface area contributed by atoms with Gasteiger partial charge < -0.3 is 4.74 Å². The van der Waals surface area contributed by atoms with Crippen molar-refractivity contribution in [1.82, 2.24) is 0 Å². The molecule has 2 aromatic rings. The first-order valence-corrected chi connectivity index (χ1v) is 10.7. The van der Waals surface area contributed by atoms with Gasteiger partial charge in [-0.3, -0.25) is 9.69 Å². The van der Waals surface area contributed by atoms with Crippen LogP contribution in [0.4, 0.5) is 5.69 Å². The van der Waals surface area contributed by atoms with Crippen LogP contribution >= 0.6 is 27.7 Å². The molecule has 5 nitrogen and oxygen atoms in total. The van der Waals surface area contributed by atoms with Gasteiger partial charge in [-0.1, -0.05) is 57.5 Å². The van der Waals surface area contributed by atoms with Crippen LogP contribution in [0.5, 0.6) is 0 Å². The topological polar surface area (TPSA) is 70.4 Å². The molecule has 0 unspecified atom stereocenters. The number of anilines is 1. The summed E-state index contributed by atoms with van der Waals surface area (Å²) in [4.78, 5) is 27.1. The van der Waals surface area contributed by atoms with Gasteiger partial charge in [-0.25, -0.2) is 4.79 Å². The van der Waals surface area contributed by atoms with Crippen LogP contribution in [0.1, 0.15) is 18.1 Å². The Balaban J connectivity index is 2.03. The number of hydrogen-bond acceptors (Lipinski definition) is 5. The number of nitriles is 1. The van der Waals surface area contributed by atoms with Gasteiger partial charge in [0.1, 0.15) is 11.1 Å². The van der Waals surface area contributed by atoms with Crippen molar-refractivity contribution in [3.05, 3.63) is 74.7 Å². The summed E-state index contributed by atoms with van der Waals surface area (Å²) in [7, 11) is 0. The van der Waals surface area contributed by atoms with Crippen molar-refractivity contribution < 1.29 is 14.3 Å². The summed E-state index contributed by atoms with van der Waals surface area (Å²) < 4.78 is 5.97. The molecule has 1 amide bonds. The molecule has 29 heavy (non-hydrogen) atoms. The van der Waals surface area contributed by atoms with Crippen LogP contribution in [-0.2, 0) is 20.7 Å². The Bertz CT molecular complexity index is 1010. The second-order valence-corrected chi connectivity index (χ2v) is 8.57. The van der Waals surface area contributed by atoms with Gasteiger partial charge in [0.2, 0.25) is 5.91 Å². The first-order valence-electron chi connectivity index (χ1n) is 9.07. The molecule has 0 saturated carbocycles. The summed E-state index contributed by atoms with van der Waals surface area (Å²) >= 11 is 4.68. The lowest BCUT2D eigenvalue weighted by Gasteiger charge is -2.18. The molecule has 1 heterocycles. The Labute approximate surface area is 182 Å². The molecule has 0 spiro atoms.